The second kappa shape index (κ2) is 9.03. The molecule has 0 aromatic heterocycles. The smallest absolute Gasteiger partial charge is 0.331 e. The molecule has 2 rings (SSSR count). The van der Waals surface area contributed by atoms with Gasteiger partial charge in [-0.1, -0.05) is 48.5 Å². The normalized spacial score (nSPS) is 12.0. The highest BCUT2D eigenvalue weighted by atomic mass is 16.4. The number of carbonyl (C=O) groups is 3. The van der Waals surface area contributed by atoms with Gasteiger partial charge in [-0.15, -0.1) is 0 Å². The SMILES string of the molecule is C[C@H](N/C(=C/C(=O)O)NC(=O)NC(=O)c1ccccc1)c1ccccc1. The van der Waals surface area contributed by atoms with Gasteiger partial charge in [0.25, 0.3) is 5.91 Å². The van der Waals surface area contributed by atoms with Crippen LogP contribution in [0.25, 0.3) is 0 Å². The zero-order valence-electron chi connectivity index (χ0n) is 14.1. The average molecular weight is 353 g/mol. The van der Waals surface area contributed by atoms with E-state index < -0.39 is 17.9 Å². The molecule has 0 spiro atoms. The Hall–Kier alpha value is -3.61. The Morgan fingerprint density at radius 3 is 2.08 bits per heavy atom. The summed E-state index contributed by atoms with van der Waals surface area (Å²) in [5, 5.41) is 16.4. The van der Waals surface area contributed by atoms with Crippen molar-refractivity contribution in [1.82, 2.24) is 16.0 Å². The molecule has 0 aliphatic carbocycles. The van der Waals surface area contributed by atoms with Gasteiger partial charge < -0.3 is 10.4 Å². The lowest BCUT2D eigenvalue weighted by atomic mass is 10.1. The summed E-state index contributed by atoms with van der Waals surface area (Å²) in [7, 11) is 0. The topological polar surface area (TPSA) is 108 Å². The van der Waals surface area contributed by atoms with Crippen molar-refractivity contribution >= 4 is 17.9 Å². The number of carbonyl (C=O) groups excluding carboxylic acids is 2. The zero-order chi connectivity index (χ0) is 18.9. The molecule has 4 N–H and O–H groups in total. The van der Waals surface area contributed by atoms with Crippen molar-refractivity contribution in [2.45, 2.75) is 13.0 Å². The van der Waals surface area contributed by atoms with Crippen LogP contribution in [-0.2, 0) is 4.79 Å². The van der Waals surface area contributed by atoms with Crippen LogP contribution in [-0.4, -0.2) is 23.0 Å². The molecule has 0 heterocycles. The highest BCUT2D eigenvalue weighted by Gasteiger charge is 2.14. The lowest BCUT2D eigenvalue weighted by molar-refractivity contribution is -0.131. The molecule has 0 fully saturated rings. The number of benzene rings is 2. The first-order valence-electron chi connectivity index (χ1n) is 7.89. The van der Waals surface area contributed by atoms with Gasteiger partial charge in [-0.2, -0.15) is 0 Å². The molecule has 7 heteroatoms. The number of hydrogen-bond donors (Lipinski definition) is 4. The Kier molecular flexibility index (Phi) is 6.50. The van der Waals surface area contributed by atoms with Crippen molar-refractivity contribution < 1.29 is 19.5 Å². The highest BCUT2D eigenvalue weighted by molar-refractivity contribution is 6.04. The summed E-state index contributed by atoms with van der Waals surface area (Å²) >= 11 is 0. The molecule has 0 unspecified atom stereocenters. The molecular weight excluding hydrogens is 334 g/mol. The van der Waals surface area contributed by atoms with Crippen LogP contribution in [0.15, 0.2) is 72.6 Å². The molecule has 0 saturated heterocycles. The van der Waals surface area contributed by atoms with Gasteiger partial charge in [0, 0.05) is 11.6 Å². The standard InChI is InChI=1S/C19H19N3O4/c1-13(14-8-4-2-5-9-14)20-16(12-17(23)24)21-19(26)22-18(25)15-10-6-3-7-11-15/h2-13,20H,1H3,(H,23,24)(H2,21,22,25,26)/b16-12-/t13-/m0/s1. The molecule has 7 nitrogen and oxygen atoms in total. The minimum Gasteiger partial charge on any atom is -0.478 e. The molecule has 2 aromatic rings. The molecule has 0 aliphatic rings. The molecular formula is C19H19N3O4. The third-order valence-corrected chi connectivity index (χ3v) is 3.45. The van der Waals surface area contributed by atoms with E-state index in [4.69, 9.17) is 5.11 Å². The van der Waals surface area contributed by atoms with Gasteiger partial charge in [0.1, 0.15) is 5.82 Å². The Bertz CT molecular complexity index is 804. The van der Waals surface area contributed by atoms with Crippen LogP contribution < -0.4 is 16.0 Å². The van der Waals surface area contributed by atoms with Crippen molar-refractivity contribution in [2.75, 3.05) is 0 Å². The van der Waals surface area contributed by atoms with Crippen LogP contribution in [0.1, 0.15) is 28.9 Å². The van der Waals surface area contributed by atoms with E-state index in [0.717, 1.165) is 11.6 Å². The Morgan fingerprint density at radius 1 is 0.923 bits per heavy atom. The number of carboxylic acid groups (broad SMARTS) is 1. The van der Waals surface area contributed by atoms with Gasteiger partial charge in [-0.25, -0.2) is 9.59 Å². The van der Waals surface area contributed by atoms with Gasteiger partial charge >= 0.3 is 12.0 Å². The summed E-state index contributed by atoms with van der Waals surface area (Å²) < 4.78 is 0. The third-order valence-electron chi connectivity index (χ3n) is 3.45. The van der Waals surface area contributed by atoms with Gasteiger partial charge in [-0.3, -0.25) is 15.4 Å². The quantitative estimate of drug-likeness (QED) is 0.597. The summed E-state index contributed by atoms with van der Waals surface area (Å²) in [5.74, 6) is -1.86. The highest BCUT2D eigenvalue weighted by Crippen LogP contribution is 2.12. The third kappa shape index (κ3) is 5.79. The largest absolute Gasteiger partial charge is 0.478 e. The first-order valence-corrected chi connectivity index (χ1v) is 7.89. The van der Waals surface area contributed by atoms with Gasteiger partial charge in [-0.05, 0) is 24.6 Å². The van der Waals surface area contributed by atoms with Crippen molar-refractivity contribution in [3.8, 4) is 0 Å². The molecule has 0 aliphatic heterocycles. The molecule has 0 bridgehead atoms. The number of carboxylic acids is 1. The molecule has 1 atom stereocenters. The van der Waals surface area contributed by atoms with E-state index in [2.05, 4.69) is 16.0 Å². The van der Waals surface area contributed by atoms with E-state index >= 15 is 0 Å². The van der Waals surface area contributed by atoms with Crippen LogP contribution in [0, 0.1) is 0 Å². The van der Waals surface area contributed by atoms with Crippen LogP contribution >= 0.6 is 0 Å². The number of nitrogens with one attached hydrogen (secondary N) is 3. The van der Waals surface area contributed by atoms with Gasteiger partial charge in [0.05, 0.1) is 6.08 Å². The fourth-order valence-electron chi connectivity index (χ4n) is 2.21. The van der Waals surface area contributed by atoms with Crippen molar-refractivity contribution in [3.05, 3.63) is 83.7 Å². The maximum absolute atomic E-state index is 12.0. The summed E-state index contributed by atoms with van der Waals surface area (Å²) in [4.78, 5) is 35.0. The lowest BCUT2D eigenvalue weighted by Crippen LogP contribution is -2.42. The minimum atomic E-state index is -1.23. The van der Waals surface area contributed by atoms with E-state index in [1.54, 1.807) is 30.3 Å². The molecule has 134 valence electrons. The number of aliphatic carboxylic acids is 1. The second-order valence-electron chi connectivity index (χ2n) is 5.45. The van der Waals surface area contributed by atoms with Crippen molar-refractivity contribution in [2.24, 2.45) is 0 Å². The number of hydrogen-bond acceptors (Lipinski definition) is 4. The molecule has 2 aromatic carbocycles. The summed E-state index contributed by atoms with van der Waals surface area (Å²) in [6.07, 6.45) is 0.825. The predicted octanol–water partition coefficient (Wildman–Crippen LogP) is 2.40. The van der Waals surface area contributed by atoms with E-state index in [0.29, 0.717) is 5.56 Å². The predicted molar refractivity (Wildman–Crippen MR) is 96.2 cm³/mol. The summed E-state index contributed by atoms with van der Waals surface area (Å²) in [6, 6.07) is 16.4. The molecule has 0 saturated carbocycles. The maximum atomic E-state index is 12.0. The maximum Gasteiger partial charge on any atom is 0.331 e. The van der Waals surface area contributed by atoms with E-state index in [9.17, 15) is 14.4 Å². The second-order valence-corrected chi connectivity index (χ2v) is 5.45. The Labute approximate surface area is 150 Å². The number of imide groups is 1. The lowest BCUT2D eigenvalue weighted by Gasteiger charge is -2.18. The molecule has 0 radical (unpaired) electrons. The number of rotatable bonds is 6. The monoisotopic (exact) mass is 353 g/mol. The van der Waals surface area contributed by atoms with Gasteiger partial charge in [0.2, 0.25) is 0 Å². The van der Waals surface area contributed by atoms with Crippen LogP contribution in [0.4, 0.5) is 4.79 Å². The first-order chi connectivity index (χ1) is 12.5. The van der Waals surface area contributed by atoms with E-state index in [1.165, 1.54) is 0 Å². The van der Waals surface area contributed by atoms with E-state index in [1.807, 2.05) is 37.3 Å². The zero-order valence-corrected chi connectivity index (χ0v) is 14.1. The fourth-order valence-corrected chi connectivity index (χ4v) is 2.21. The fraction of sp³-hybridized carbons (Fsp3) is 0.105. The number of amides is 3. The van der Waals surface area contributed by atoms with Crippen molar-refractivity contribution in [3.63, 3.8) is 0 Å². The van der Waals surface area contributed by atoms with Gasteiger partial charge in [0.15, 0.2) is 0 Å². The van der Waals surface area contributed by atoms with Crippen LogP contribution in [0.2, 0.25) is 0 Å². The minimum absolute atomic E-state index is 0.0350. The van der Waals surface area contributed by atoms with E-state index in [-0.39, 0.29) is 11.9 Å². The summed E-state index contributed by atoms with van der Waals surface area (Å²) in [6.45, 7) is 1.82. The number of urea groups is 1. The van der Waals surface area contributed by atoms with Crippen molar-refractivity contribution in [1.29, 1.82) is 0 Å². The molecule has 26 heavy (non-hydrogen) atoms. The Morgan fingerprint density at radius 2 is 1.50 bits per heavy atom. The van der Waals surface area contributed by atoms with Crippen LogP contribution in [0.3, 0.4) is 0 Å². The average Bonchev–Trinajstić information content (AvgIpc) is 2.62. The van der Waals surface area contributed by atoms with Crippen LogP contribution in [0.5, 0.6) is 0 Å². The molecule has 3 amide bonds. The summed E-state index contributed by atoms with van der Waals surface area (Å²) in [5.41, 5.74) is 1.23. The Balaban J connectivity index is 2.02. The first kappa shape index (κ1) is 18.7.